The Balaban J connectivity index is 1.49. The van der Waals surface area contributed by atoms with Gasteiger partial charge in [-0.3, -0.25) is 9.59 Å². The lowest BCUT2D eigenvalue weighted by Gasteiger charge is -2.08. The number of benzene rings is 1. The van der Waals surface area contributed by atoms with Gasteiger partial charge in [-0.2, -0.15) is 20.1 Å². The fourth-order valence-corrected chi connectivity index (χ4v) is 3.82. The highest BCUT2D eigenvalue weighted by Gasteiger charge is 2.14. The molecule has 2 amide bonds. The lowest BCUT2D eigenvalue weighted by molar-refractivity contribution is -0.116. The van der Waals surface area contributed by atoms with Crippen molar-refractivity contribution < 1.29 is 23.1 Å². The van der Waals surface area contributed by atoms with Gasteiger partial charge in [-0.25, -0.2) is 4.98 Å². The second-order valence-corrected chi connectivity index (χ2v) is 7.47. The highest BCUT2D eigenvalue weighted by atomic mass is 32.1. The molecule has 0 aliphatic heterocycles. The quantitative estimate of drug-likeness (QED) is 0.479. The number of aromatic nitrogens is 1. The number of carbonyl (C=O) groups excluding carboxylic acids is 2. The molecule has 0 spiro atoms. The maximum atomic E-state index is 12.5. The number of alkyl halides is 2. The van der Waals surface area contributed by atoms with E-state index in [1.807, 2.05) is 5.38 Å². The Morgan fingerprint density at radius 1 is 1.17 bits per heavy atom. The van der Waals surface area contributed by atoms with Crippen LogP contribution in [0, 0.1) is 0 Å². The van der Waals surface area contributed by atoms with Crippen LogP contribution in [0.3, 0.4) is 0 Å². The van der Waals surface area contributed by atoms with E-state index in [-0.39, 0.29) is 24.0 Å². The van der Waals surface area contributed by atoms with Crippen molar-refractivity contribution in [3.05, 3.63) is 52.0 Å². The van der Waals surface area contributed by atoms with Gasteiger partial charge in [0, 0.05) is 34.9 Å². The van der Waals surface area contributed by atoms with E-state index in [0.29, 0.717) is 34.9 Å². The summed E-state index contributed by atoms with van der Waals surface area (Å²) in [4.78, 5) is 28.1. The van der Waals surface area contributed by atoms with E-state index in [4.69, 9.17) is 0 Å². The average molecular weight is 437 g/mol. The third-order valence-corrected chi connectivity index (χ3v) is 5.22. The molecule has 0 saturated heterocycles. The molecular weight excluding hydrogens is 420 g/mol. The van der Waals surface area contributed by atoms with Gasteiger partial charge in [0.05, 0.1) is 5.69 Å². The number of halogens is 2. The molecule has 0 bridgehead atoms. The number of hydrogen-bond donors (Lipinski definition) is 2. The van der Waals surface area contributed by atoms with Crippen LogP contribution in [0.25, 0.3) is 11.3 Å². The van der Waals surface area contributed by atoms with E-state index in [0.717, 1.165) is 0 Å². The zero-order chi connectivity index (χ0) is 20.6. The van der Waals surface area contributed by atoms with Crippen molar-refractivity contribution in [2.45, 2.75) is 19.5 Å². The molecule has 6 nitrogen and oxygen atoms in total. The van der Waals surface area contributed by atoms with E-state index in [1.165, 1.54) is 28.7 Å². The second-order valence-electron chi connectivity index (χ2n) is 5.83. The zero-order valence-electron chi connectivity index (χ0n) is 15.1. The van der Waals surface area contributed by atoms with Crippen LogP contribution in [0.4, 0.5) is 13.9 Å². The second kappa shape index (κ2) is 10.1. The lowest BCUT2D eigenvalue weighted by Crippen LogP contribution is -2.25. The monoisotopic (exact) mass is 437 g/mol. The van der Waals surface area contributed by atoms with Crippen molar-refractivity contribution >= 4 is 39.6 Å². The van der Waals surface area contributed by atoms with Gasteiger partial charge >= 0.3 is 6.61 Å². The van der Waals surface area contributed by atoms with Crippen LogP contribution in [-0.2, 0) is 4.79 Å². The molecule has 0 saturated carbocycles. The number of anilines is 1. The molecule has 2 N–H and O–H groups in total. The predicted octanol–water partition coefficient (Wildman–Crippen LogP) is 4.62. The molecule has 3 rings (SSSR count). The first-order chi connectivity index (χ1) is 14.0. The average Bonchev–Trinajstić information content (AvgIpc) is 3.37. The van der Waals surface area contributed by atoms with Crippen LogP contribution in [-0.4, -0.2) is 30.0 Å². The molecule has 29 heavy (non-hydrogen) atoms. The van der Waals surface area contributed by atoms with Crippen LogP contribution >= 0.6 is 22.7 Å². The maximum absolute atomic E-state index is 12.5. The van der Waals surface area contributed by atoms with Gasteiger partial charge in [-0.15, -0.1) is 11.3 Å². The third-order valence-electron chi connectivity index (χ3n) is 3.78. The Hall–Kier alpha value is -2.85. The fraction of sp³-hybridized carbons (Fsp3) is 0.211. The van der Waals surface area contributed by atoms with Crippen LogP contribution in [0.1, 0.15) is 23.2 Å². The molecular formula is C19H17F2N3O3S2. The molecule has 2 heterocycles. The summed E-state index contributed by atoms with van der Waals surface area (Å²) in [6, 6.07) is 8.07. The summed E-state index contributed by atoms with van der Waals surface area (Å²) in [5.41, 5.74) is 1.45. The van der Waals surface area contributed by atoms with Crippen LogP contribution in [0.5, 0.6) is 5.75 Å². The molecule has 0 unspecified atom stereocenters. The van der Waals surface area contributed by atoms with Crippen molar-refractivity contribution in [1.29, 1.82) is 0 Å². The van der Waals surface area contributed by atoms with Gasteiger partial charge in [0.15, 0.2) is 5.13 Å². The molecule has 2 aromatic heterocycles. The molecule has 1 aromatic carbocycles. The number of nitrogens with one attached hydrogen (secondary N) is 2. The van der Waals surface area contributed by atoms with Gasteiger partial charge in [0.2, 0.25) is 5.91 Å². The number of carbonyl (C=O) groups is 2. The molecule has 10 heteroatoms. The largest absolute Gasteiger partial charge is 0.434 e. The minimum Gasteiger partial charge on any atom is -0.434 e. The van der Waals surface area contributed by atoms with Gasteiger partial charge in [-0.05, 0) is 30.0 Å². The first-order valence-corrected chi connectivity index (χ1v) is 10.4. The number of rotatable bonds is 9. The smallest absolute Gasteiger partial charge is 0.387 e. The normalized spacial score (nSPS) is 10.7. The molecule has 0 radical (unpaired) electrons. The van der Waals surface area contributed by atoms with Crippen LogP contribution < -0.4 is 15.4 Å². The standard InChI is InChI=1S/C19H17F2N3O3S2/c20-18(21)27-15-5-2-1-4-13(15)14-11-29-19(23-14)24-16(25)6-3-8-22-17(26)12-7-9-28-10-12/h1-2,4-5,7,9-11,18H,3,6,8H2,(H,22,26)(H,23,24,25). The van der Waals surface area contributed by atoms with E-state index in [9.17, 15) is 18.4 Å². The number of para-hydroxylation sites is 1. The van der Waals surface area contributed by atoms with Gasteiger partial charge in [0.25, 0.3) is 5.91 Å². The minimum atomic E-state index is -2.94. The molecule has 0 aliphatic rings. The van der Waals surface area contributed by atoms with Gasteiger partial charge in [0.1, 0.15) is 5.75 Å². The Bertz CT molecular complexity index is 961. The van der Waals surface area contributed by atoms with Crippen molar-refractivity contribution in [3.8, 4) is 17.0 Å². The molecule has 152 valence electrons. The van der Waals surface area contributed by atoms with Crippen molar-refractivity contribution in [3.63, 3.8) is 0 Å². The number of nitrogens with zero attached hydrogens (tertiary/aromatic N) is 1. The predicted molar refractivity (Wildman–Crippen MR) is 109 cm³/mol. The minimum absolute atomic E-state index is 0.0204. The van der Waals surface area contributed by atoms with Crippen LogP contribution in [0.15, 0.2) is 46.5 Å². The number of amides is 2. The number of ether oxygens (including phenoxy) is 1. The summed E-state index contributed by atoms with van der Waals surface area (Å²) >= 11 is 2.63. The number of thiophene rings is 1. The highest BCUT2D eigenvalue weighted by molar-refractivity contribution is 7.14. The maximum Gasteiger partial charge on any atom is 0.387 e. The van der Waals surface area contributed by atoms with E-state index in [1.54, 1.807) is 35.0 Å². The third kappa shape index (κ3) is 6.06. The number of thiazole rings is 1. The topological polar surface area (TPSA) is 80.3 Å². The summed E-state index contributed by atoms with van der Waals surface area (Å²) in [5.74, 6) is -0.388. The number of hydrogen-bond acceptors (Lipinski definition) is 6. The summed E-state index contributed by atoms with van der Waals surface area (Å²) in [6.45, 7) is -2.56. The Kier molecular flexibility index (Phi) is 7.25. The van der Waals surface area contributed by atoms with Crippen molar-refractivity contribution in [2.75, 3.05) is 11.9 Å². The Morgan fingerprint density at radius 3 is 2.76 bits per heavy atom. The first-order valence-electron chi connectivity index (χ1n) is 8.63. The Morgan fingerprint density at radius 2 is 2.00 bits per heavy atom. The SMILES string of the molecule is O=C(CCCNC(=O)c1ccsc1)Nc1nc(-c2ccccc2OC(F)F)cs1. The zero-order valence-corrected chi connectivity index (χ0v) is 16.7. The molecule has 0 fully saturated rings. The fourth-order valence-electron chi connectivity index (χ4n) is 2.46. The summed E-state index contributed by atoms with van der Waals surface area (Å²) < 4.78 is 29.6. The Labute approximate surface area is 173 Å². The van der Waals surface area contributed by atoms with Crippen molar-refractivity contribution in [2.24, 2.45) is 0 Å². The molecule has 3 aromatic rings. The summed E-state index contributed by atoms with van der Waals surface area (Å²) in [7, 11) is 0. The molecule has 0 atom stereocenters. The molecule has 0 aliphatic carbocycles. The first kappa shape index (κ1) is 20.9. The van der Waals surface area contributed by atoms with E-state index in [2.05, 4.69) is 20.4 Å². The summed E-state index contributed by atoms with van der Waals surface area (Å²) in [5, 5.41) is 11.0. The van der Waals surface area contributed by atoms with E-state index >= 15 is 0 Å². The lowest BCUT2D eigenvalue weighted by atomic mass is 10.1. The van der Waals surface area contributed by atoms with Gasteiger partial charge in [-0.1, -0.05) is 12.1 Å². The van der Waals surface area contributed by atoms with E-state index < -0.39 is 6.61 Å². The highest BCUT2D eigenvalue weighted by Crippen LogP contribution is 2.33. The van der Waals surface area contributed by atoms with Crippen molar-refractivity contribution in [1.82, 2.24) is 10.3 Å². The summed E-state index contributed by atoms with van der Waals surface area (Å²) in [6.07, 6.45) is 0.689. The van der Waals surface area contributed by atoms with Gasteiger partial charge < -0.3 is 15.4 Å². The van der Waals surface area contributed by atoms with Crippen LogP contribution in [0.2, 0.25) is 0 Å².